The highest BCUT2D eigenvalue weighted by atomic mass is 16.5. The number of methoxy groups -OCH3 is 1. The van der Waals surface area contributed by atoms with Crippen LogP contribution in [0.2, 0.25) is 0 Å². The van der Waals surface area contributed by atoms with Gasteiger partial charge in [0.1, 0.15) is 5.75 Å². The summed E-state index contributed by atoms with van der Waals surface area (Å²) < 4.78 is 5.08. The molecule has 0 heterocycles. The molecule has 0 aliphatic carbocycles. The summed E-state index contributed by atoms with van der Waals surface area (Å²) >= 11 is 0. The zero-order chi connectivity index (χ0) is 14.5. The van der Waals surface area contributed by atoms with Gasteiger partial charge in [-0.3, -0.25) is 0 Å². The molecular weight excluding hydrogens is 260 g/mol. The van der Waals surface area contributed by atoms with E-state index >= 15 is 0 Å². The molecule has 6 heteroatoms. The van der Waals surface area contributed by atoms with Crippen molar-refractivity contribution in [3.05, 3.63) is 59.0 Å². The van der Waals surface area contributed by atoms with Crippen LogP contribution in [0, 0.1) is 4.91 Å². The summed E-state index contributed by atoms with van der Waals surface area (Å²) in [6, 6.07) is 12.7. The first-order valence-corrected chi connectivity index (χ1v) is 5.76. The molecule has 20 heavy (non-hydrogen) atoms. The Kier molecular flexibility index (Phi) is 3.95. The fourth-order valence-corrected chi connectivity index (χ4v) is 1.76. The number of ether oxygens (including phenoxy) is 1. The van der Waals surface area contributed by atoms with Crippen molar-refractivity contribution in [2.75, 3.05) is 12.1 Å². The van der Waals surface area contributed by atoms with Crippen LogP contribution in [0.3, 0.4) is 0 Å². The Bertz CT molecular complexity index is 643. The SMILES string of the molecule is COc1cccc(N(N=O)c2cccc(C(=O)O)c2)c1. The minimum atomic E-state index is -1.07. The lowest BCUT2D eigenvalue weighted by molar-refractivity contribution is 0.0697. The number of rotatable bonds is 5. The number of anilines is 2. The molecule has 0 aromatic heterocycles. The smallest absolute Gasteiger partial charge is 0.335 e. The Hall–Kier alpha value is -2.89. The van der Waals surface area contributed by atoms with Gasteiger partial charge in [0.05, 0.1) is 29.3 Å². The lowest BCUT2D eigenvalue weighted by atomic mass is 10.2. The van der Waals surface area contributed by atoms with Gasteiger partial charge < -0.3 is 9.84 Å². The highest BCUT2D eigenvalue weighted by Crippen LogP contribution is 2.29. The third-order valence-corrected chi connectivity index (χ3v) is 2.72. The molecule has 0 fully saturated rings. The molecule has 0 radical (unpaired) electrons. The van der Waals surface area contributed by atoms with Crippen molar-refractivity contribution in [2.45, 2.75) is 0 Å². The fourth-order valence-electron chi connectivity index (χ4n) is 1.76. The van der Waals surface area contributed by atoms with E-state index in [1.807, 2.05) is 0 Å². The van der Waals surface area contributed by atoms with Gasteiger partial charge in [0.2, 0.25) is 0 Å². The number of carboxylic acids is 1. The Balaban J connectivity index is 2.43. The number of nitrogens with zero attached hydrogens (tertiary/aromatic N) is 2. The maximum Gasteiger partial charge on any atom is 0.335 e. The van der Waals surface area contributed by atoms with Gasteiger partial charge in [0.15, 0.2) is 0 Å². The lowest BCUT2D eigenvalue weighted by Crippen LogP contribution is -2.09. The van der Waals surface area contributed by atoms with Crippen molar-refractivity contribution in [1.82, 2.24) is 0 Å². The second-order valence-electron chi connectivity index (χ2n) is 3.95. The molecule has 2 aromatic rings. The van der Waals surface area contributed by atoms with Crippen molar-refractivity contribution in [2.24, 2.45) is 5.29 Å². The number of nitroso groups, excluding NO2 is 1. The van der Waals surface area contributed by atoms with Crippen LogP contribution in [0.25, 0.3) is 0 Å². The monoisotopic (exact) mass is 272 g/mol. The average Bonchev–Trinajstić information content (AvgIpc) is 2.48. The Morgan fingerprint density at radius 1 is 1.15 bits per heavy atom. The topological polar surface area (TPSA) is 79.2 Å². The molecule has 6 nitrogen and oxygen atoms in total. The minimum absolute atomic E-state index is 0.0825. The highest BCUT2D eigenvalue weighted by molar-refractivity contribution is 5.89. The van der Waals surface area contributed by atoms with Gasteiger partial charge in [-0.05, 0) is 30.3 Å². The lowest BCUT2D eigenvalue weighted by Gasteiger charge is -2.16. The first-order chi connectivity index (χ1) is 9.65. The Morgan fingerprint density at radius 3 is 2.40 bits per heavy atom. The van der Waals surface area contributed by atoms with Crippen LogP contribution in [0.1, 0.15) is 10.4 Å². The molecule has 2 aromatic carbocycles. The van der Waals surface area contributed by atoms with Crippen molar-refractivity contribution < 1.29 is 14.6 Å². The van der Waals surface area contributed by atoms with Crippen LogP contribution >= 0.6 is 0 Å². The zero-order valence-electron chi connectivity index (χ0n) is 10.7. The average molecular weight is 272 g/mol. The first kappa shape index (κ1) is 13.5. The van der Waals surface area contributed by atoms with E-state index in [9.17, 15) is 9.70 Å². The zero-order valence-corrected chi connectivity index (χ0v) is 10.7. The van der Waals surface area contributed by atoms with Gasteiger partial charge in [-0.1, -0.05) is 12.1 Å². The summed E-state index contributed by atoms with van der Waals surface area (Å²) in [4.78, 5) is 22.0. The fraction of sp³-hybridized carbons (Fsp3) is 0.0714. The first-order valence-electron chi connectivity index (χ1n) is 5.76. The van der Waals surface area contributed by atoms with Gasteiger partial charge in [0.25, 0.3) is 0 Å². The van der Waals surface area contributed by atoms with Crippen molar-refractivity contribution in [3.63, 3.8) is 0 Å². The van der Waals surface area contributed by atoms with E-state index in [-0.39, 0.29) is 5.56 Å². The van der Waals surface area contributed by atoms with Crippen LogP contribution < -0.4 is 9.75 Å². The molecule has 1 N–H and O–H groups in total. The summed E-state index contributed by atoms with van der Waals surface area (Å²) in [6.45, 7) is 0. The van der Waals surface area contributed by atoms with E-state index in [0.717, 1.165) is 5.01 Å². The minimum Gasteiger partial charge on any atom is -0.497 e. The second kappa shape index (κ2) is 5.83. The summed E-state index contributed by atoms with van der Waals surface area (Å²) in [5.41, 5.74) is 0.939. The predicted octanol–water partition coefficient (Wildman–Crippen LogP) is 3.21. The van der Waals surface area contributed by atoms with Crippen LogP contribution in [-0.4, -0.2) is 18.2 Å². The largest absolute Gasteiger partial charge is 0.497 e. The van der Waals surface area contributed by atoms with Gasteiger partial charge in [0, 0.05) is 6.07 Å². The molecule has 0 saturated carbocycles. The van der Waals surface area contributed by atoms with Crippen LogP contribution in [0.4, 0.5) is 11.4 Å². The number of carbonyl (C=O) groups is 1. The molecule has 0 saturated heterocycles. The molecular formula is C14H12N2O4. The molecule has 2 rings (SSSR count). The Labute approximate surface area is 115 Å². The van der Waals surface area contributed by atoms with Gasteiger partial charge in [-0.25, -0.2) is 4.79 Å². The number of benzene rings is 2. The van der Waals surface area contributed by atoms with Gasteiger partial charge in [-0.2, -0.15) is 5.01 Å². The van der Waals surface area contributed by atoms with Crippen molar-refractivity contribution >= 4 is 17.3 Å². The van der Waals surface area contributed by atoms with E-state index in [1.54, 1.807) is 36.4 Å². The summed E-state index contributed by atoms with van der Waals surface area (Å²) in [6.07, 6.45) is 0. The maximum atomic E-state index is 11.1. The molecule has 0 aliphatic heterocycles. The number of hydrogen-bond donors (Lipinski definition) is 1. The predicted molar refractivity (Wildman–Crippen MR) is 74.3 cm³/mol. The molecule has 0 aliphatic rings. The van der Waals surface area contributed by atoms with E-state index in [0.29, 0.717) is 17.1 Å². The molecule has 102 valence electrons. The normalized spacial score (nSPS) is 9.85. The second-order valence-corrected chi connectivity index (χ2v) is 3.95. The van der Waals surface area contributed by atoms with E-state index < -0.39 is 5.97 Å². The summed E-state index contributed by atoms with van der Waals surface area (Å²) in [5, 5.41) is 13.0. The summed E-state index contributed by atoms with van der Waals surface area (Å²) in [7, 11) is 1.52. The molecule has 0 amide bonds. The van der Waals surface area contributed by atoms with Crippen LogP contribution in [0.15, 0.2) is 53.8 Å². The quantitative estimate of drug-likeness (QED) is 0.667. The number of aromatic carboxylic acids is 1. The van der Waals surface area contributed by atoms with Crippen molar-refractivity contribution in [1.29, 1.82) is 0 Å². The molecule has 0 spiro atoms. The Morgan fingerprint density at radius 2 is 1.80 bits per heavy atom. The molecule has 0 bridgehead atoms. The summed E-state index contributed by atoms with van der Waals surface area (Å²) in [5.74, 6) is -0.492. The van der Waals surface area contributed by atoms with Crippen LogP contribution in [-0.2, 0) is 0 Å². The third-order valence-electron chi connectivity index (χ3n) is 2.72. The van der Waals surface area contributed by atoms with Gasteiger partial charge >= 0.3 is 5.97 Å². The van der Waals surface area contributed by atoms with E-state index in [4.69, 9.17) is 9.84 Å². The third kappa shape index (κ3) is 2.74. The molecule has 0 atom stereocenters. The van der Waals surface area contributed by atoms with Crippen LogP contribution in [0.5, 0.6) is 5.75 Å². The standard InChI is InChI=1S/C14H12N2O4/c1-20-13-7-3-6-12(9-13)16(15-19)11-5-2-4-10(8-11)14(17)18/h2-9H,1H3,(H,17,18). The number of carboxylic acid groups (broad SMARTS) is 1. The van der Waals surface area contributed by atoms with E-state index in [1.165, 1.54) is 19.2 Å². The van der Waals surface area contributed by atoms with E-state index in [2.05, 4.69) is 5.29 Å². The highest BCUT2D eigenvalue weighted by Gasteiger charge is 2.13. The number of hydrogen-bond acceptors (Lipinski definition) is 4. The maximum absolute atomic E-state index is 11.1. The van der Waals surface area contributed by atoms with Gasteiger partial charge in [-0.15, -0.1) is 4.91 Å². The molecule has 0 unspecified atom stereocenters. The van der Waals surface area contributed by atoms with Crippen molar-refractivity contribution in [3.8, 4) is 5.75 Å².